The first-order chi connectivity index (χ1) is 12.0. The van der Waals surface area contributed by atoms with Gasteiger partial charge in [0, 0.05) is 25.2 Å². The van der Waals surface area contributed by atoms with Crippen molar-refractivity contribution in [3.8, 4) is 6.07 Å². The average molecular weight is 340 g/mol. The molecule has 0 amide bonds. The molecule has 0 aliphatic carbocycles. The van der Waals surface area contributed by atoms with Crippen molar-refractivity contribution in [3.63, 3.8) is 0 Å². The summed E-state index contributed by atoms with van der Waals surface area (Å²) in [5.74, 6) is 1.35. The summed E-state index contributed by atoms with van der Waals surface area (Å²) in [5, 5.41) is 28.8. The molecule has 2 heterocycles. The van der Waals surface area contributed by atoms with Crippen LogP contribution in [-0.2, 0) is 6.54 Å². The number of rotatable bonds is 5. The summed E-state index contributed by atoms with van der Waals surface area (Å²) in [7, 11) is 0. The number of anilines is 1. The smallest absolute Gasteiger partial charge is 0.270 e. The molecule has 0 N–H and O–H groups in total. The second-order valence-corrected chi connectivity index (χ2v) is 6.66. The van der Waals surface area contributed by atoms with E-state index in [1.807, 2.05) is 0 Å². The third-order valence-corrected chi connectivity index (χ3v) is 4.38. The first-order valence-corrected chi connectivity index (χ1v) is 8.34. The number of non-ortho nitro benzene ring substituents is 1. The van der Waals surface area contributed by atoms with E-state index in [0.717, 1.165) is 37.4 Å². The van der Waals surface area contributed by atoms with E-state index in [1.165, 1.54) is 12.1 Å². The molecule has 1 fully saturated rings. The molecule has 1 aliphatic rings. The summed E-state index contributed by atoms with van der Waals surface area (Å²) in [5.41, 5.74) is 0.963. The van der Waals surface area contributed by atoms with Crippen molar-refractivity contribution in [2.24, 2.45) is 5.92 Å². The summed E-state index contributed by atoms with van der Waals surface area (Å²) < 4.78 is 2.06. The van der Waals surface area contributed by atoms with Crippen LogP contribution in [0.2, 0.25) is 0 Å². The van der Waals surface area contributed by atoms with Crippen LogP contribution in [0.3, 0.4) is 0 Å². The third-order valence-electron chi connectivity index (χ3n) is 4.38. The van der Waals surface area contributed by atoms with Crippen LogP contribution in [0.1, 0.15) is 44.1 Å². The summed E-state index contributed by atoms with van der Waals surface area (Å²) in [6, 6.07) is 6.56. The fourth-order valence-electron chi connectivity index (χ4n) is 3.36. The molecule has 130 valence electrons. The lowest BCUT2D eigenvalue weighted by atomic mass is 10.1. The molecule has 1 aromatic heterocycles. The zero-order chi connectivity index (χ0) is 18.0. The maximum absolute atomic E-state index is 11.0. The molecule has 3 rings (SSSR count). The van der Waals surface area contributed by atoms with Gasteiger partial charge >= 0.3 is 0 Å². The number of nitriles is 1. The van der Waals surface area contributed by atoms with Crippen LogP contribution in [-0.4, -0.2) is 26.2 Å². The molecule has 2 aromatic rings. The zero-order valence-corrected chi connectivity index (χ0v) is 14.3. The zero-order valence-electron chi connectivity index (χ0n) is 14.3. The van der Waals surface area contributed by atoms with Crippen molar-refractivity contribution >= 4 is 11.4 Å². The molecular weight excluding hydrogens is 320 g/mol. The molecule has 1 unspecified atom stereocenters. The minimum Gasteiger partial charge on any atom is -0.360 e. The Morgan fingerprint density at radius 3 is 2.96 bits per heavy atom. The van der Waals surface area contributed by atoms with Crippen molar-refractivity contribution in [1.29, 1.82) is 5.26 Å². The van der Waals surface area contributed by atoms with Crippen molar-refractivity contribution in [2.45, 2.75) is 39.3 Å². The number of nitro groups is 1. The highest BCUT2D eigenvalue weighted by atomic mass is 16.6. The van der Waals surface area contributed by atoms with Crippen molar-refractivity contribution < 1.29 is 4.92 Å². The van der Waals surface area contributed by atoms with Crippen molar-refractivity contribution in [2.75, 3.05) is 11.4 Å². The number of aromatic nitrogens is 3. The molecule has 1 aromatic carbocycles. The maximum Gasteiger partial charge on any atom is 0.270 e. The normalized spacial score (nSPS) is 17.0. The molecule has 0 bridgehead atoms. The van der Waals surface area contributed by atoms with Gasteiger partial charge in [-0.1, -0.05) is 13.8 Å². The summed E-state index contributed by atoms with van der Waals surface area (Å²) in [6.45, 7) is 5.89. The molecular formula is C17H20N6O2. The summed E-state index contributed by atoms with van der Waals surface area (Å²) >= 11 is 0. The van der Waals surface area contributed by atoms with Gasteiger partial charge in [0.15, 0.2) is 5.82 Å². The van der Waals surface area contributed by atoms with Gasteiger partial charge in [-0.3, -0.25) is 10.1 Å². The first-order valence-electron chi connectivity index (χ1n) is 8.34. The Morgan fingerprint density at radius 2 is 2.28 bits per heavy atom. The monoisotopic (exact) mass is 340 g/mol. The molecule has 1 aliphatic heterocycles. The lowest BCUT2D eigenvalue weighted by molar-refractivity contribution is -0.384. The Hall–Kier alpha value is -2.95. The minimum absolute atomic E-state index is 0.0230. The highest BCUT2D eigenvalue weighted by Gasteiger charge is 2.32. The van der Waals surface area contributed by atoms with Crippen LogP contribution in [0.25, 0.3) is 0 Å². The quantitative estimate of drug-likeness (QED) is 0.612. The van der Waals surface area contributed by atoms with Gasteiger partial charge in [0.25, 0.3) is 5.69 Å². The van der Waals surface area contributed by atoms with E-state index < -0.39 is 4.92 Å². The second-order valence-electron chi connectivity index (χ2n) is 6.66. The Kier molecular flexibility index (Phi) is 4.65. The topological polar surface area (TPSA) is 101 Å². The molecule has 8 heteroatoms. The molecule has 8 nitrogen and oxygen atoms in total. The van der Waals surface area contributed by atoms with Gasteiger partial charge in [-0.05, 0) is 24.8 Å². The lowest BCUT2D eigenvalue weighted by Gasteiger charge is -2.27. The Morgan fingerprint density at radius 1 is 1.48 bits per heavy atom. The SMILES string of the molecule is CC(C)Cn1cnnc1C1CCCN1c1ccc([N+](=O)[O-])cc1C#N. The number of nitro benzene ring substituents is 1. The van der Waals surface area contributed by atoms with E-state index in [9.17, 15) is 15.4 Å². The van der Waals surface area contributed by atoms with Crippen LogP contribution in [0, 0.1) is 27.4 Å². The lowest BCUT2D eigenvalue weighted by Crippen LogP contribution is -2.26. The van der Waals surface area contributed by atoms with Crippen LogP contribution in [0.15, 0.2) is 24.5 Å². The molecule has 0 radical (unpaired) electrons. The summed E-state index contributed by atoms with van der Waals surface area (Å²) in [4.78, 5) is 12.6. The van der Waals surface area contributed by atoms with E-state index in [-0.39, 0.29) is 11.7 Å². The van der Waals surface area contributed by atoms with Gasteiger partial charge in [-0.2, -0.15) is 5.26 Å². The molecule has 0 spiro atoms. The van der Waals surface area contributed by atoms with Crippen molar-refractivity contribution in [1.82, 2.24) is 14.8 Å². The minimum atomic E-state index is -0.481. The Balaban J connectivity index is 1.97. The highest BCUT2D eigenvalue weighted by molar-refractivity contribution is 5.64. The average Bonchev–Trinajstić information content (AvgIpc) is 3.22. The van der Waals surface area contributed by atoms with E-state index in [4.69, 9.17) is 0 Å². The summed E-state index contributed by atoms with van der Waals surface area (Å²) in [6.07, 6.45) is 3.63. The third kappa shape index (κ3) is 3.31. The number of benzene rings is 1. The van der Waals surface area contributed by atoms with E-state index in [2.05, 4.69) is 39.6 Å². The van der Waals surface area contributed by atoms with Crippen LogP contribution >= 0.6 is 0 Å². The van der Waals surface area contributed by atoms with Crippen LogP contribution in [0.4, 0.5) is 11.4 Å². The Bertz CT molecular complexity index is 823. The number of hydrogen-bond donors (Lipinski definition) is 0. The second kappa shape index (κ2) is 6.89. The van der Waals surface area contributed by atoms with Gasteiger partial charge in [0.05, 0.1) is 22.2 Å². The number of nitrogens with zero attached hydrogens (tertiary/aromatic N) is 6. The highest BCUT2D eigenvalue weighted by Crippen LogP contribution is 2.37. The molecule has 25 heavy (non-hydrogen) atoms. The van der Waals surface area contributed by atoms with E-state index in [1.54, 1.807) is 12.4 Å². The van der Waals surface area contributed by atoms with E-state index >= 15 is 0 Å². The fourth-order valence-corrected chi connectivity index (χ4v) is 3.36. The van der Waals surface area contributed by atoms with Gasteiger partial charge in [-0.25, -0.2) is 0 Å². The van der Waals surface area contributed by atoms with E-state index in [0.29, 0.717) is 11.5 Å². The van der Waals surface area contributed by atoms with Gasteiger partial charge in [-0.15, -0.1) is 10.2 Å². The predicted molar refractivity (Wildman–Crippen MR) is 92.0 cm³/mol. The largest absolute Gasteiger partial charge is 0.360 e. The standard InChI is InChI=1S/C17H20N6O2/c1-12(2)10-21-11-19-20-17(21)16-4-3-7-22(16)15-6-5-14(23(24)25)8-13(15)9-18/h5-6,8,11-12,16H,3-4,7,10H2,1-2H3. The van der Waals surface area contributed by atoms with Gasteiger partial charge < -0.3 is 9.47 Å². The molecule has 0 saturated carbocycles. The predicted octanol–water partition coefficient (Wildman–Crippen LogP) is 3.06. The number of hydrogen-bond acceptors (Lipinski definition) is 6. The van der Waals surface area contributed by atoms with Gasteiger partial charge in [0.1, 0.15) is 12.4 Å². The molecule has 1 atom stereocenters. The maximum atomic E-state index is 11.0. The van der Waals surface area contributed by atoms with Crippen LogP contribution < -0.4 is 4.90 Å². The van der Waals surface area contributed by atoms with Crippen LogP contribution in [0.5, 0.6) is 0 Å². The van der Waals surface area contributed by atoms with Gasteiger partial charge in [0.2, 0.25) is 0 Å². The fraction of sp³-hybridized carbons (Fsp3) is 0.471. The molecule has 1 saturated heterocycles. The first kappa shape index (κ1) is 16.9. The van der Waals surface area contributed by atoms with Crippen molar-refractivity contribution in [3.05, 3.63) is 46.0 Å². The Labute approximate surface area is 145 Å².